The van der Waals surface area contributed by atoms with Crippen LogP contribution < -0.4 is 5.73 Å². The molecule has 0 amide bonds. The van der Waals surface area contributed by atoms with Gasteiger partial charge < -0.3 is 5.73 Å². The Labute approximate surface area is 98.8 Å². The summed E-state index contributed by atoms with van der Waals surface area (Å²) in [6.07, 6.45) is 4.95. The maximum absolute atomic E-state index is 12.1. The Hall–Kier alpha value is -0.170. The molecule has 0 bridgehead atoms. The molecule has 1 rings (SSSR count). The minimum absolute atomic E-state index is 0.185. The third kappa shape index (κ3) is 3.16. The van der Waals surface area contributed by atoms with Crippen LogP contribution in [0, 0.1) is 0 Å². The van der Waals surface area contributed by atoms with Crippen LogP contribution in [-0.4, -0.2) is 50.3 Å². The maximum atomic E-state index is 12.1. The molecule has 1 aliphatic carbocycles. The third-order valence-electron chi connectivity index (χ3n) is 3.27. The van der Waals surface area contributed by atoms with Gasteiger partial charge in [-0.2, -0.15) is 17.0 Å². The van der Waals surface area contributed by atoms with Gasteiger partial charge in [0.1, 0.15) is 0 Å². The van der Waals surface area contributed by atoms with Crippen molar-refractivity contribution in [1.29, 1.82) is 0 Å². The van der Waals surface area contributed by atoms with Crippen molar-refractivity contribution in [3.8, 4) is 0 Å². The van der Waals surface area contributed by atoms with Crippen molar-refractivity contribution in [2.75, 3.05) is 27.2 Å². The molecule has 1 fully saturated rings. The van der Waals surface area contributed by atoms with Gasteiger partial charge in [0.05, 0.1) is 0 Å². The van der Waals surface area contributed by atoms with E-state index in [0.717, 1.165) is 25.7 Å². The van der Waals surface area contributed by atoms with E-state index in [4.69, 9.17) is 5.73 Å². The number of nitrogens with zero attached hydrogens (tertiary/aromatic N) is 2. The lowest BCUT2D eigenvalue weighted by Crippen LogP contribution is -2.44. The SMILES string of the molecule is CN(CCCN)S(=O)(=O)N(C)C1CCCC1. The molecule has 2 N–H and O–H groups in total. The second-order valence-electron chi connectivity index (χ2n) is 4.43. The summed E-state index contributed by atoms with van der Waals surface area (Å²) in [5, 5.41) is 0. The fraction of sp³-hybridized carbons (Fsp3) is 1.00. The molecule has 1 saturated carbocycles. The minimum Gasteiger partial charge on any atom is -0.330 e. The molecule has 16 heavy (non-hydrogen) atoms. The molecule has 0 saturated heterocycles. The monoisotopic (exact) mass is 249 g/mol. The Balaban J connectivity index is 2.60. The first-order chi connectivity index (χ1) is 7.50. The van der Waals surface area contributed by atoms with E-state index < -0.39 is 10.2 Å². The number of hydrogen-bond acceptors (Lipinski definition) is 3. The van der Waals surface area contributed by atoms with Crippen LogP contribution in [0.3, 0.4) is 0 Å². The maximum Gasteiger partial charge on any atom is 0.281 e. The Kier molecular flexibility index (Phi) is 5.17. The highest BCUT2D eigenvalue weighted by atomic mass is 32.2. The second-order valence-corrected chi connectivity index (χ2v) is 6.52. The van der Waals surface area contributed by atoms with Crippen molar-refractivity contribution in [2.24, 2.45) is 5.73 Å². The van der Waals surface area contributed by atoms with E-state index in [-0.39, 0.29) is 6.04 Å². The fourth-order valence-electron chi connectivity index (χ4n) is 2.11. The van der Waals surface area contributed by atoms with Crippen molar-refractivity contribution in [2.45, 2.75) is 38.1 Å². The number of hydrogen-bond donors (Lipinski definition) is 1. The smallest absolute Gasteiger partial charge is 0.281 e. The Morgan fingerprint density at radius 1 is 1.25 bits per heavy atom. The molecule has 0 aliphatic heterocycles. The summed E-state index contributed by atoms with van der Waals surface area (Å²) in [6, 6.07) is 0.185. The predicted molar refractivity (Wildman–Crippen MR) is 65.2 cm³/mol. The molecule has 0 aromatic carbocycles. The Morgan fingerprint density at radius 2 is 1.81 bits per heavy atom. The van der Waals surface area contributed by atoms with E-state index in [0.29, 0.717) is 19.5 Å². The van der Waals surface area contributed by atoms with Crippen LogP contribution in [-0.2, 0) is 10.2 Å². The first-order valence-corrected chi connectivity index (χ1v) is 7.29. The summed E-state index contributed by atoms with van der Waals surface area (Å²) in [7, 11) is 0.0227. The highest BCUT2D eigenvalue weighted by Gasteiger charge is 2.31. The molecule has 0 aromatic rings. The predicted octanol–water partition coefficient (Wildman–Crippen LogP) is 0.386. The van der Waals surface area contributed by atoms with E-state index in [1.807, 2.05) is 0 Å². The summed E-state index contributed by atoms with van der Waals surface area (Å²) < 4.78 is 27.2. The van der Waals surface area contributed by atoms with Gasteiger partial charge in [0, 0.05) is 26.7 Å². The quantitative estimate of drug-likeness (QED) is 0.740. The van der Waals surface area contributed by atoms with Gasteiger partial charge in [-0.25, -0.2) is 0 Å². The van der Waals surface area contributed by atoms with Crippen molar-refractivity contribution in [1.82, 2.24) is 8.61 Å². The zero-order valence-electron chi connectivity index (χ0n) is 10.2. The lowest BCUT2D eigenvalue weighted by Gasteiger charge is -2.28. The summed E-state index contributed by atoms with van der Waals surface area (Å²) in [4.78, 5) is 0. The number of rotatable bonds is 6. The largest absolute Gasteiger partial charge is 0.330 e. The van der Waals surface area contributed by atoms with E-state index in [2.05, 4.69) is 0 Å². The van der Waals surface area contributed by atoms with E-state index in [9.17, 15) is 8.42 Å². The first kappa shape index (κ1) is 13.9. The van der Waals surface area contributed by atoms with Gasteiger partial charge in [0.2, 0.25) is 0 Å². The van der Waals surface area contributed by atoms with Crippen LogP contribution in [0.15, 0.2) is 0 Å². The van der Waals surface area contributed by atoms with E-state index >= 15 is 0 Å². The van der Waals surface area contributed by atoms with E-state index in [1.165, 1.54) is 8.61 Å². The normalized spacial score (nSPS) is 18.8. The molecule has 5 nitrogen and oxygen atoms in total. The van der Waals surface area contributed by atoms with Crippen molar-refractivity contribution < 1.29 is 8.42 Å². The number of nitrogens with two attached hydrogens (primary N) is 1. The van der Waals surface area contributed by atoms with Crippen LogP contribution in [0.5, 0.6) is 0 Å². The van der Waals surface area contributed by atoms with Crippen molar-refractivity contribution >= 4 is 10.2 Å². The van der Waals surface area contributed by atoms with Crippen LogP contribution in [0.4, 0.5) is 0 Å². The summed E-state index contributed by atoms with van der Waals surface area (Å²) in [5.74, 6) is 0. The fourth-order valence-corrected chi connectivity index (χ4v) is 3.49. The molecule has 0 radical (unpaired) electrons. The van der Waals surface area contributed by atoms with Gasteiger partial charge in [-0.3, -0.25) is 0 Å². The van der Waals surface area contributed by atoms with Gasteiger partial charge in [0.15, 0.2) is 0 Å². The van der Waals surface area contributed by atoms with Crippen LogP contribution in [0.2, 0.25) is 0 Å². The Bertz CT molecular complexity index is 299. The lowest BCUT2D eigenvalue weighted by molar-refractivity contribution is 0.333. The lowest BCUT2D eigenvalue weighted by atomic mass is 10.3. The van der Waals surface area contributed by atoms with Gasteiger partial charge in [0.25, 0.3) is 10.2 Å². The molecule has 0 unspecified atom stereocenters. The molecule has 0 aromatic heterocycles. The highest BCUT2D eigenvalue weighted by molar-refractivity contribution is 7.86. The van der Waals surface area contributed by atoms with E-state index in [1.54, 1.807) is 14.1 Å². The zero-order valence-corrected chi connectivity index (χ0v) is 11.0. The first-order valence-electron chi connectivity index (χ1n) is 5.89. The van der Waals surface area contributed by atoms with Gasteiger partial charge in [-0.1, -0.05) is 12.8 Å². The standard InChI is InChI=1S/C10H23N3O2S/c1-12(9-5-8-11)16(14,15)13(2)10-6-3-4-7-10/h10H,3-9,11H2,1-2H3. The zero-order chi connectivity index (χ0) is 12.2. The van der Waals surface area contributed by atoms with Gasteiger partial charge in [-0.15, -0.1) is 0 Å². The Morgan fingerprint density at radius 3 is 2.31 bits per heavy atom. The highest BCUT2D eigenvalue weighted by Crippen LogP contribution is 2.25. The molecule has 0 atom stereocenters. The van der Waals surface area contributed by atoms with Crippen LogP contribution in [0.25, 0.3) is 0 Å². The summed E-state index contributed by atoms with van der Waals surface area (Å²) >= 11 is 0. The third-order valence-corrected chi connectivity index (χ3v) is 5.27. The second kappa shape index (κ2) is 5.95. The average Bonchev–Trinajstić information content (AvgIpc) is 2.77. The van der Waals surface area contributed by atoms with Crippen LogP contribution in [0.1, 0.15) is 32.1 Å². The van der Waals surface area contributed by atoms with Crippen LogP contribution >= 0.6 is 0 Å². The molecular weight excluding hydrogens is 226 g/mol. The minimum atomic E-state index is -3.28. The molecule has 96 valence electrons. The topological polar surface area (TPSA) is 66.6 Å². The summed E-state index contributed by atoms with van der Waals surface area (Å²) in [5.41, 5.74) is 5.38. The molecule has 6 heteroatoms. The van der Waals surface area contributed by atoms with Gasteiger partial charge >= 0.3 is 0 Å². The van der Waals surface area contributed by atoms with Gasteiger partial charge in [-0.05, 0) is 25.8 Å². The van der Waals surface area contributed by atoms with Crippen molar-refractivity contribution in [3.05, 3.63) is 0 Å². The average molecular weight is 249 g/mol. The molecular formula is C10H23N3O2S. The molecule has 0 heterocycles. The molecule has 1 aliphatic rings. The summed E-state index contributed by atoms with van der Waals surface area (Å²) in [6.45, 7) is 1.02. The molecule has 0 spiro atoms. The van der Waals surface area contributed by atoms with Crippen molar-refractivity contribution in [3.63, 3.8) is 0 Å².